The molecule has 1 N–H and O–H groups in total. The number of benzene rings is 2. The number of carbonyl (C=O) groups excluding carboxylic acids is 1. The summed E-state index contributed by atoms with van der Waals surface area (Å²) in [5.74, 6) is -0.166. The van der Waals surface area contributed by atoms with E-state index in [0.717, 1.165) is 25.9 Å². The maximum atomic E-state index is 13.1. The number of anilines is 1. The van der Waals surface area contributed by atoms with Crippen molar-refractivity contribution in [3.05, 3.63) is 83.8 Å². The Labute approximate surface area is 228 Å². The monoisotopic (exact) mass is 552 g/mol. The number of likely N-dealkylation sites (tertiary alicyclic amines) is 1. The molecule has 1 amide bonds. The zero-order chi connectivity index (χ0) is 27.4. The van der Waals surface area contributed by atoms with Crippen LogP contribution in [0.15, 0.2) is 71.8 Å². The quantitative estimate of drug-likeness (QED) is 0.473. The van der Waals surface area contributed by atoms with Gasteiger partial charge in [0.2, 0.25) is 15.9 Å². The van der Waals surface area contributed by atoms with Crippen LogP contribution in [-0.2, 0) is 10.0 Å². The lowest BCUT2D eigenvalue weighted by molar-refractivity contribution is 0.0711. The van der Waals surface area contributed by atoms with Gasteiger partial charge in [0, 0.05) is 62.4 Å². The summed E-state index contributed by atoms with van der Waals surface area (Å²) in [6, 6.07) is 16.8. The predicted molar refractivity (Wildman–Crippen MR) is 147 cm³/mol. The molecule has 2 aliphatic rings. The summed E-state index contributed by atoms with van der Waals surface area (Å²) in [4.78, 5) is 21.0. The molecule has 2 fully saturated rings. The third kappa shape index (κ3) is 6.75. The molecule has 0 radical (unpaired) electrons. The molecule has 0 bridgehead atoms. The maximum Gasteiger partial charge on any atom is 0.253 e. The fourth-order valence-corrected chi connectivity index (χ4v) is 6.27. The predicted octanol–water partition coefficient (Wildman–Crippen LogP) is 4.16. The minimum Gasteiger partial charge on any atom is -0.474 e. The van der Waals surface area contributed by atoms with Gasteiger partial charge in [-0.2, -0.15) is 0 Å². The summed E-state index contributed by atoms with van der Waals surface area (Å²) in [5, 5.41) is 0. The molecule has 0 atom stereocenters. The molecular formula is C29H33FN4O4S. The molecule has 3 aromatic rings. The highest BCUT2D eigenvalue weighted by Crippen LogP contribution is 2.24. The Morgan fingerprint density at radius 2 is 1.59 bits per heavy atom. The number of aromatic nitrogens is 1. The fourth-order valence-electron chi connectivity index (χ4n) is 5.02. The number of sulfonamides is 1. The normalized spacial score (nSPS) is 17.3. The topological polar surface area (TPSA) is 91.8 Å². The van der Waals surface area contributed by atoms with E-state index in [1.54, 1.807) is 11.0 Å². The summed E-state index contributed by atoms with van der Waals surface area (Å²) >= 11 is 0. The molecule has 0 saturated carbocycles. The van der Waals surface area contributed by atoms with Crippen LogP contribution in [0.5, 0.6) is 5.88 Å². The molecule has 2 saturated heterocycles. The fraction of sp³-hybridized carbons (Fsp3) is 0.379. The van der Waals surface area contributed by atoms with E-state index >= 15 is 0 Å². The molecular weight excluding hydrogens is 519 g/mol. The average Bonchev–Trinajstić information content (AvgIpc) is 2.94. The number of amides is 1. The van der Waals surface area contributed by atoms with Gasteiger partial charge in [-0.25, -0.2) is 22.5 Å². The number of aryl methyl sites for hydroxylation is 1. The Hall–Kier alpha value is -3.50. The van der Waals surface area contributed by atoms with Crippen molar-refractivity contribution >= 4 is 21.6 Å². The van der Waals surface area contributed by atoms with Gasteiger partial charge in [-0.05, 0) is 62.2 Å². The molecule has 1 aromatic heterocycles. The molecule has 0 unspecified atom stereocenters. The van der Waals surface area contributed by atoms with Crippen LogP contribution >= 0.6 is 0 Å². The van der Waals surface area contributed by atoms with Crippen LogP contribution in [0.4, 0.5) is 10.1 Å². The second kappa shape index (κ2) is 11.7. The van der Waals surface area contributed by atoms with Crippen LogP contribution in [0, 0.1) is 12.7 Å². The van der Waals surface area contributed by atoms with Crippen molar-refractivity contribution in [3.8, 4) is 5.88 Å². The van der Waals surface area contributed by atoms with E-state index in [9.17, 15) is 17.6 Å². The molecule has 10 heteroatoms. The first-order chi connectivity index (χ1) is 18.8. The van der Waals surface area contributed by atoms with Gasteiger partial charge in [0.15, 0.2) is 0 Å². The number of rotatable bonds is 7. The number of nitrogens with one attached hydrogen (secondary N) is 1. The molecule has 0 spiro atoms. The highest BCUT2D eigenvalue weighted by molar-refractivity contribution is 7.89. The van der Waals surface area contributed by atoms with Gasteiger partial charge < -0.3 is 14.5 Å². The molecule has 3 heterocycles. The third-order valence-electron chi connectivity index (χ3n) is 7.34. The van der Waals surface area contributed by atoms with E-state index in [1.165, 1.54) is 47.8 Å². The molecule has 206 valence electrons. The second-order valence-electron chi connectivity index (χ2n) is 10.2. The van der Waals surface area contributed by atoms with Gasteiger partial charge in [-0.1, -0.05) is 17.7 Å². The van der Waals surface area contributed by atoms with Crippen molar-refractivity contribution in [2.45, 2.75) is 49.6 Å². The van der Waals surface area contributed by atoms with E-state index < -0.39 is 15.8 Å². The lowest BCUT2D eigenvalue weighted by Crippen LogP contribution is -2.46. The van der Waals surface area contributed by atoms with Crippen molar-refractivity contribution < 1.29 is 22.3 Å². The summed E-state index contributed by atoms with van der Waals surface area (Å²) in [5.41, 5.74) is 2.87. The zero-order valence-electron chi connectivity index (χ0n) is 21.9. The van der Waals surface area contributed by atoms with E-state index in [1.807, 2.05) is 0 Å². The van der Waals surface area contributed by atoms with Crippen LogP contribution in [0.2, 0.25) is 0 Å². The van der Waals surface area contributed by atoms with E-state index in [2.05, 4.69) is 45.8 Å². The zero-order valence-corrected chi connectivity index (χ0v) is 22.7. The van der Waals surface area contributed by atoms with Gasteiger partial charge >= 0.3 is 0 Å². The first-order valence-electron chi connectivity index (χ1n) is 13.3. The number of ether oxygens (including phenoxy) is 1. The first kappa shape index (κ1) is 27.1. The van der Waals surface area contributed by atoms with Crippen LogP contribution in [0.3, 0.4) is 0 Å². The maximum absolute atomic E-state index is 13.1. The van der Waals surface area contributed by atoms with Gasteiger partial charge in [0.1, 0.15) is 16.8 Å². The number of pyridine rings is 1. The second-order valence-corrected chi connectivity index (χ2v) is 11.9. The average molecular weight is 553 g/mol. The number of halogens is 1. The van der Waals surface area contributed by atoms with Crippen LogP contribution in [-0.4, -0.2) is 62.5 Å². The number of piperidine rings is 2. The van der Waals surface area contributed by atoms with E-state index in [4.69, 9.17) is 4.74 Å². The number of nitrogens with zero attached hydrogens (tertiary/aromatic N) is 3. The van der Waals surface area contributed by atoms with Gasteiger partial charge in [0.05, 0.1) is 6.20 Å². The SMILES string of the molecule is Cc1ccc(N2CCC(Oc3ccc(S(=O)(=O)NC4CCN(C(=O)c5ccc(F)cc5)CC4)cn3)CC2)cc1. The van der Waals surface area contributed by atoms with Gasteiger partial charge in [0.25, 0.3) is 5.91 Å². The summed E-state index contributed by atoms with van der Waals surface area (Å²) in [6.07, 6.45) is 4.05. The van der Waals surface area contributed by atoms with Gasteiger partial charge in [-0.15, -0.1) is 0 Å². The smallest absolute Gasteiger partial charge is 0.253 e. The highest BCUT2D eigenvalue weighted by Gasteiger charge is 2.28. The minimum atomic E-state index is -3.77. The molecule has 39 heavy (non-hydrogen) atoms. The number of carbonyl (C=O) groups is 1. The van der Waals surface area contributed by atoms with Crippen molar-refractivity contribution in [1.29, 1.82) is 0 Å². The highest BCUT2D eigenvalue weighted by atomic mass is 32.2. The van der Waals surface area contributed by atoms with Crippen molar-refractivity contribution in [2.24, 2.45) is 0 Å². The van der Waals surface area contributed by atoms with E-state index in [-0.39, 0.29) is 22.9 Å². The Morgan fingerprint density at radius 1 is 0.923 bits per heavy atom. The number of hydrogen-bond donors (Lipinski definition) is 1. The van der Waals surface area contributed by atoms with Crippen molar-refractivity contribution in [3.63, 3.8) is 0 Å². The molecule has 8 nitrogen and oxygen atoms in total. The Morgan fingerprint density at radius 3 is 2.21 bits per heavy atom. The Balaban J connectivity index is 1.09. The molecule has 5 rings (SSSR count). The number of hydrogen-bond acceptors (Lipinski definition) is 6. The Bertz CT molecular complexity index is 1370. The summed E-state index contributed by atoms with van der Waals surface area (Å²) in [6.45, 7) is 4.68. The largest absolute Gasteiger partial charge is 0.474 e. The summed E-state index contributed by atoms with van der Waals surface area (Å²) in [7, 11) is -3.77. The lowest BCUT2D eigenvalue weighted by atomic mass is 10.0. The third-order valence-corrected chi connectivity index (χ3v) is 8.85. The lowest BCUT2D eigenvalue weighted by Gasteiger charge is -2.33. The standard InChI is InChI=1S/C29H33FN4O4S/c1-21-2-8-25(9-3-21)33-18-14-26(15-19-33)38-28-11-10-27(20-31-28)39(36,37)32-24-12-16-34(17-13-24)29(35)22-4-6-23(30)7-5-22/h2-11,20,24,26,32H,12-19H2,1H3. The summed E-state index contributed by atoms with van der Waals surface area (Å²) < 4.78 is 47.8. The minimum absolute atomic E-state index is 0.0302. The van der Waals surface area contributed by atoms with Crippen molar-refractivity contribution in [2.75, 3.05) is 31.1 Å². The van der Waals surface area contributed by atoms with Crippen LogP contribution in [0.1, 0.15) is 41.6 Å². The molecule has 0 aliphatic carbocycles. The molecule has 2 aliphatic heterocycles. The first-order valence-corrected chi connectivity index (χ1v) is 14.8. The van der Waals surface area contributed by atoms with Gasteiger partial charge in [-0.3, -0.25) is 4.79 Å². The molecule has 2 aromatic carbocycles. The van der Waals surface area contributed by atoms with Crippen molar-refractivity contribution in [1.82, 2.24) is 14.6 Å². The van der Waals surface area contributed by atoms with Crippen LogP contribution < -0.4 is 14.4 Å². The van der Waals surface area contributed by atoms with E-state index in [0.29, 0.717) is 37.4 Å². The van der Waals surface area contributed by atoms with Crippen LogP contribution in [0.25, 0.3) is 0 Å². The Kier molecular flexibility index (Phi) is 8.13.